The zero-order chi connectivity index (χ0) is 13.8. The minimum Gasteiger partial charge on any atom is -0.402 e. The molecule has 0 aliphatic carbocycles. The summed E-state index contributed by atoms with van der Waals surface area (Å²) in [6, 6.07) is 17.1. The lowest BCUT2D eigenvalue weighted by atomic mass is 10.2. The van der Waals surface area contributed by atoms with Gasteiger partial charge in [-0.3, -0.25) is 0 Å². The second-order valence-corrected chi connectivity index (χ2v) is 4.50. The maximum atomic E-state index is 5.81. The summed E-state index contributed by atoms with van der Waals surface area (Å²) in [5.41, 5.74) is 1.78. The lowest BCUT2D eigenvalue weighted by Crippen LogP contribution is -1.78. The summed E-state index contributed by atoms with van der Waals surface area (Å²) in [5, 5.41) is 8.53. The molecule has 0 bridgehead atoms. The second-order valence-electron chi connectivity index (χ2n) is 4.07. The van der Waals surface area contributed by atoms with Crippen molar-refractivity contribution in [2.45, 2.75) is 0 Å². The summed E-state index contributed by atoms with van der Waals surface area (Å²) in [7, 11) is 0. The molecule has 2 aromatic carbocycles. The molecule has 4 nitrogen and oxygen atoms in total. The van der Waals surface area contributed by atoms with Gasteiger partial charge in [0.1, 0.15) is 0 Å². The molecular weight excluding hydrogens is 274 g/mol. The molecule has 0 fully saturated rings. The molecule has 20 heavy (non-hydrogen) atoms. The fourth-order valence-corrected chi connectivity index (χ4v) is 1.77. The van der Waals surface area contributed by atoms with E-state index in [2.05, 4.69) is 15.2 Å². The van der Waals surface area contributed by atoms with E-state index in [1.165, 1.54) is 0 Å². The number of hydrogen-bond donors (Lipinski definition) is 0. The maximum Gasteiger partial charge on any atom is 0.342 e. The van der Waals surface area contributed by atoms with Crippen LogP contribution in [0.4, 0.5) is 6.01 Å². The van der Waals surface area contributed by atoms with Gasteiger partial charge >= 0.3 is 6.01 Å². The molecule has 0 aliphatic heterocycles. The Hall–Kier alpha value is -2.46. The van der Waals surface area contributed by atoms with Gasteiger partial charge in [-0.25, -0.2) is 4.99 Å². The summed E-state index contributed by atoms with van der Waals surface area (Å²) < 4.78 is 5.47. The predicted molar refractivity (Wildman–Crippen MR) is 78.4 cm³/mol. The van der Waals surface area contributed by atoms with Crippen molar-refractivity contribution < 1.29 is 4.42 Å². The van der Waals surface area contributed by atoms with Crippen LogP contribution in [0.5, 0.6) is 0 Å². The normalized spacial score (nSPS) is 11.1. The minimum atomic E-state index is 0.221. The van der Waals surface area contributed by atoms with Crippen molar-refractivity contribution in [1.82, 2.24) is 10.2 Å². The highest BCUT2D eigenvalue weighted by molar-refractivity contribution is 6.30. The third-order valence-corrected chi connectivity index (χ3v) is 2.88. The van der Waals surface area contributed by atoms with Crippen LogP contribution in [0.3, 0.4) is 0 Å². The van der Waals surface area contributed by atoms with Gasteiger partial charge in [0.05, 0.1) is 0 Å². The van der Waals surface area contributed by atoms with Gasteiger partial charge in [-0.1, -0.05) is 47.0 Å². The van der Waals surface area contributed by atoms with E-state index in [-0.39, 0.29) is 6.01 Å². The van der Waals surface area contributed by atoms with Crippen LogP contribution < -0.4 is 0 Å². The Morgan fingerprint density at radius 1 is 0.950 bits per heavy atom. The Kier molecular flexibility index (Phi) is 3.56. The lowest BCUT2D eigenvalue weighted by molar-refractivity contribution is 0.580. The summed E-state index contributed by atoms with van der Waals surface area (Å²) in [6.45, 7) is 0. The van der Waals surface area contributed by atoms with Crippen molar-refractivity contribution in [2.75, 3.05) is 0 Å². The average Bonchev–Trinajstić information content (AvgIpc) is 2.97. The third-order valence-electron chi connectivity index (χ3n) is 2.63. The zero-order valence-electron chi connectivity index (χ0n) is 10.4. The lowest BCUT2D eigenvalue weighted by Gasteiger charge is -1.92. The van der Waals surface area contributed by atoms with E-state index in [9.17, 15) is 0 Å². The van der Waals surface area contributed by atoms with Crippen LogP contribution in [0.15, 0.2) is 64.0 Å². The SMILES string of the molecule is Clc1ccc(/C=N\c2nnc(-c3ccccc3)o2)cc1. The van der Waals surface area contributed by atoms with Gasteiger partial charge in [0, 0.05) is 16.8 Å². The van der Waals surface area contributed by atoms with Crippen LogP contribution in [0.25, 0.3) is 11.5 Å². The molecule has 0 saturated heterocycles. The van der Waals surface area contributed by atoms with Gasteiger partial charge in [0.2, 0.25) is 5.89 Å². The van der Waals surface area contributed by atoms with Gasteiger partial charge in [-0.05, 0) is 29.8 Å². The summed E-state index contributed by atoms with van der Waals surface area (Å²) >= 11 is 5.81. The number of nitrogens with zero attached hydrogens (tertiary/aromatic N) is 3. The molecule has 0 atom stereocenters. The van der Waals surface area contributed by atoms with E-state index < -0.39 is 0 Å². The molecule has 5 heteroatoms. The van der Waals surface area contributed by atoms with E-state index in [4.69, 9.17) is 16.0 Å². The van der Waals surface area contributed by atoms with Gasteiger partial charge in [-0.2, -0.15) is 0 Å². The first-order chi connectivity index (χ1) is 9.81. The average molecular weight is 284 g/mol. The summed E-state index contributed by atoms with van der Waals surface area (Å²) in [4.78, 5) is 4.14. The number of benzene rings is 2. The van der Waals surface area contributed by atoms with Crippen LogP contribution in [0.1, 0.15) is 5.56 Å². The Balaban J connectivity index is 1.79. The molecule has 0 saturated carbocycles. The first kappa shape index (κ1) is 12.6. The standard InChI is InChI=1S/C15H10ClN3O/c16-13-8-6-11(7-9-13)10-17-15-19-18-14(20-15)12-4-2-1-3-5-12/h1-10H/b17-10-. The van der Waals surface area contributed by atoms with Gasteiger partial charge in [0.15, 0.2) is 0 Å². The van der Waals surface area contributed by atoms with Gasteiger partial charge < -0.3 is 4.42 Å². The van der Waals surface area contributed by atoms with Crippen molar-refractivity contribution in [1.29, 1.82) is 0 Å². The van der Waals surface area contributed by atoms with Crippen LogP contribution >= 0.6 is 11.6 Å². The Bertz CT molecular complexity index is 720. The molecule has 0 amide bonds. The molecule has 1 aromatic heterocycles. The largest absolute Gasteiger partial charge is 0.402 e. The second kappa shape index (κ2) is 5.67. The zero-order valence-corrected chi connectivity index (χ0v) is 11.2. The van der Waals surface area contributed by atoms with Crippen LogP contribution in [0.2, 0.25) is 5.02 Å². The van der Waals surface area contributed by atoms with E-state index in [1.807, 2.05) is 42.5 Å². The molecule has 0 spiro atoms. The van der Waals surface area contributed by atoms with Crippen LogP contribution in [0, 0.1) is 0 Å². The van der Waals surface area contributed by atoms with Crippen LogP contribution in [-0.4, -0.2) is 16.4 Å². The molecule has 3 aromatic rings. The molecular formula is C15H10ClN3O. The van der Waals surface area contributed by atoms with Crippen molar-refractivity contribution in [3.05, 3.63) is 65.2 Å². The van der Waals surface area contributed by atoms with Crippen molar-refractivity contribution in [3.63, 3.8) is 0 Å². The monoisotopic (exact) mass is 283 g/mol. The Labute approximate surface area is 120 Å². The molecule has 0 unspecified atom stereocenters. The maximum absolute atomic E-state index is 5.81. The Morgan fingerprint density at radius 3 is 2.45 bits per heavy atom. The molecule has 0 aliphatic rings. The predicted octanol–water partition coefficient (Wildman–Crippen LogP) is 4.14. The molecule has 98 valence electrons. The van der Waals surface area contributed by atoms with E-state index in [1.54, 1.807) is 18.3 Å². The van der Waals surface area contributed by atoms with Crippen LogP contribution in [-0.2, 0) is 0 Å². The number of rotatable bonds is 3. The minimum absolute atomic E-state index is 0.221. The first-order valence-corrected chi connectivity index (χ1v) is 6.37. The summed E-state index contributed by atoms with van der Waals surface area (Å²) in [6.07, 6.45) is 1.65. The third kappa shape index (κ3) is 2.92. The van der Waals surface area contributed by atoms with E-state index in [0.29, 0.717) is 10.9 Å². The highest BCUT2D eigenvalue weighted by atomic mass is 35.5. The van der Waals surface area contributed by atoms with Gasteiger partial charge in [0.25, 0.3) is 0 Å². The van der Waals surface area contributed by atoms with E-state index in [0.717, 1.165) is 11.1 Å². The number of hydrogen-bond acceptors (Lipinski definition) is 4. The first-order valence-electron chi connectivity index (χ1n) is 6.00. The fraction of sp³-hybridized carbons (Fsp3) is 0. The molecule has 3 rings (SSSR count). The molecule has 0 N–H and O–H groups in total. The van der Waals surface area contributed by atoms with Crippen molar-refractivity contribution in [3.8, 4) is 11.5 Å². The number of aliphatic imine (C=N–C) groups is 1. The topological polar surface area (TPSA) is 51.3 Å². The highest BCUT2D eigenvalue weighted by Crippen LogP contribution is 2.20. The molecule has 0 radical (unpaired) electrons. The number of aromatic nitrogens is 2. The Morgan fingerprint density at radius 2 is 1.70 bits per heavy atom. The van der Waals surface area contributed by atoms with E-state index >= 15 is 0 Å². The molecule has 1 heterocycles. The van der Waals surface area contributed by atoms with Crippen molar-refractivity contribution >= 4 is 23.8 Å². The van der Waals surface area contributed by atoms with Gasteiger partial charge in [-0.15, -0.1) is 5.10 Å². The quantitative estimate of drug-likeness (QED) is 0.679. The van der Waals surface area contributed by atoms with Crippen molar-refractivity contribution in [2.24, 2.45) is 4.99 Å². The number of halogens is 1. The smallest absolute Gasteiger partial charge is 0.342 e. The summed E-state index contributed by atoms with van der Waals surface area (Å²) in [5.74, 6) is 0.453. The highest BCUT2D eigenvalue weighted by Gasteiger charge is 2.06. The fourth-order valence-electron chi connectivity index (χ4n) is 1.64.